The van der Waals surface area contributed by atoms with Crippen LogP contribution in [0.15, 0.2) is 28.8 Å². The molecule has 0 aliphatic carbocycles. The number of urea groups is 1. The molecule has 11 heteroatoms. The maximum atomic E-state index is 12.2. The Kier molecular flexibility index (Phi) is 8.59. The van der Waals surface area contributed by atoms with Crippen LogP contribution in [-0.4, -0.2) is 72.4 Å². The molecule has 1 aromatic rings. The molecule has 1 unspecified atom stereocenters. The van der Waals surface area contributed by atoms with Crippen LogP contribution in [0.5, 0.6) is 0 Å². The number of primary amides is 1. The van der Waals surface area contributed by atoms with Crippen molar-refractivity contribution in [2.24, 2.45) is 10.7 Å². The quantitative estimate of drug-likeness (QED) is 0.348. The van der Waals surface area contributed by atoms with Gasteiger partial charge in [0.05, 0.1) is 12.2 Å². The monoisotopic (exact) mass is 396 g/mol. The Balaban J connectivity index is 2.47. The number of imide groups is 1. The van der Waals surface area contributed by atoms with Crippen LogP contribution in [0.25, 0.3) is 0 Å². The molecular weight excluding hydrogens is 372 g/mol. The van der Waals surface area contributed by atoms with Gasteiger partial charge in [-0.05, 0) is 18.4 Å². The summed E-state index contributed by atoms with van der Waals surface area (Å²) < 4.78 is 0. The molecule has 1 atom stereocenters. The lowest BCUT2D eigenvalue weighted by Crippen LogP contribution is -2.46. The number of nitrogens with zero attached hydrogens (tertiary/aromatic N) is 3. The molecule has 0 aliphatic heterocycles. The van der Waals surface area contributed by atoms with Crippen LogP contribution >= 0.6 is 11.3 Å². The molecule has 27 heavy (non-hydrogen) atoms. The second kappa shape index (κ2) is 10.4. The van der Waals surface area contributed by atoms with Crippen molar-refractivity contribution in [1.29, 1.82) is 0 Å². The lowest BCUT2D eigenvalue weighted by molar-refractivity contribution is -0.126. The number of hydrogen-bond donors (Lipinski definition) is 4. The van der Waals surface area contributed by atoms with Crippen molar-refractivity contribution in [3.05, 3.63) is 28.7 Å². The van der Waals surface area contributed by atoms with Crippen LogP contribution in [0.1, 0.15) is 16.6 Å². The number of nitrogens with one attached hydrogen (secondary N) is 2. The summed E-state index contributed by atoms with van der Waals surface area (Å²) in [5.41, 5.74) is 5.65. The van der Waals surface area contributed by atoms with Gasteiger partial charge in [0.1, 0.15) is 16.9 Å². The molecule has 0 saturated carbocycles. The van der Waals surface area contributed by atoms with Crippen molar-refractivity contribution in [2.45, 2.75) is 13.2 Å². The number of anilines is 1. The van der Waals surface area contributed by atoms with Gasteiger partial charge in [0.25, 0.3) is 5.91 Å². The maximum Gasteiger partial charge on any atom is 0.331 e. The molecule has 148 valence electrons. The number of thiophene rings is 1. The van der Waals surface area contributed by atoms with Crippen LogP contribution in [0.2, 0.25) is 0 Å². The lowest BCUT2D eigenvalue weighted by Gasteiger charge is -2.23. The minimum atomic E-state index is -1.06. The van der Waals surface area contributed by atoms with Crippen molar-refractivity contribution >= 4 is 41.1 Å². The Morgan fingerprint density at radius 2 is 2.07 bits per heavy atom. The van der Waals surface area contributed by atoms with E-state index in [0.717, 1.165) is 21.1 Å². The van der Waals surface area contributed by atoms with Gasteiger partial charge in [-0.1, -0.05) is 6.58 Å². The molecule has 4 amide bonds. The van der Waals surface area contributed by atoms with Gasteiger partial charge in [0, 0.05) is 26.9 Å². The number of carbonyl (C=O) groups excluding carboxylic acids is 3. The predicted octanol–water partition coefficient (Wildman–Crippen LogP) is 0.239. The minimum Gasteiger partial charge on any atom is -0.372 e. The lowest BCUT2D eigenvalue weighted by atomic mass is 10.3. The third kappa shape index (κ3) is 6.47. The number of amides is 4. The van der Waals surface area contributed by atoms with Crippen molar-refractivity contribution in [2.75, 3.05) is 32.5 Å². The fraction of sp³-hybridized carbons (Fsp3) is 0.375. The molecule has 0 saturated heterocycles. The van der Waals surface area contributed by atoms with E-state index < -0.39 is 24.1 Å². The first-order chi connectivity index (χ1) is 12.7. The Morgan fingerprint density at radius 3 is 2.67 bits per heavy atom. The van der Waals surface area contributed by atoms with Gasteiger partial charge in [-0.3, -0.25) is 19.4 Å². The van der Waals surface area contributed by atoms with Gasteiger partial charge < -0.3 is 21.5 Å². The molecule has 5 N–H and O–H groups in total. The zero-order valence-corrected chi connectivity index (χ0v) is 16.2. The number of likely N-dealkylation sites (N-methyl/N-ethyl adjacent to an activating group) is 1. The molecule has 0 aliphatic rings. The number of rotatable bonds is 9. The highest BCUT2D eigenvalue weighted by molar-refractivity contribution is 7.12. The summed E-state index contributed by atoms with van der Waals surface area (Å²) in [4.78, 5) is 41.8. The van der Waals surface area contributed by atoms with E-state index in [0.29, 0.717) is 10.6 Å². The molecule has 1 heterocycles. The second-order valence-electron chi connectivity index (χ2n) is 5.42. The summed E-state index contributed by atoms with van der Waals surface area (Å²) in [5.74, 6) is -0.891. The zero-order chi connectivity index (χ0) is 20.6. The summed E-state index contributed by atoms with van der Waals surface area (Å²) in [7, 11) is 2.80. The predicted molar refractivity (Wildman–Crippen MR) is 105 cm³/mol. The highest BCUT2D eigenvalue weighted by Gasteiger charge is 2.22. The number of carbonyl (C=O) groups is 3. The van der Waals surface area contributed by atoms with Gasteiger partial charge in [-0.2, -0.15) is 0 Å². The first-order valence-corrected chi connectivity index (χ1v) is 8.81. The summed E-state index contributed by atoms with van der Waals surface area (Å²) >= 11 is 1.16. The van der Waals surface area contributed by atoms with Gasteiger partial charge in [-0.15, -0.1) is 11.3 Å². The van der Waals surface area contributed by atoms with Gasteiger partial charge in [-0.25, -0.2) is 9.79 Å². The summed E-state index contributed by atoms with van der Waals surface area (Å²) in [6.07, 6.45) is 0.425. The molecule has 10 nitrogen and oxygen atoms in total. The molecule has 1 rings (SSSR count). The maximum absolute atomic E-state index is 12.2. The summed E-state index contributed by atoms with van der Waals surface area (Å²) in [5, 5.41) is 17.1. The molecular formula is C16H24N6O4S. The van der Waals surface area contributed by atoms with E-state index in [1.807, 2.05) is 0 Å². The van der Waals surface area contributed by atoms with Crippen molar-refractivity contribution in [1.82, 2.24) is 15.1 Å². The van der Waals surface area contributed by atoms with E-state index in [-0.39, 0.29) is 18.9 Å². The van der Waals surface area contributed by atoms with Crippen LogP contribution in [0.4, 0.5) is 10.5 Å². The molecule has 0 fully saturated rings. The first kappa shape index (κ1) is 22.3. The average Bonchev–Trinajstić information content (AvgIpc) is 3.08. The molecule has 0 bridgehead atoms. The number of hydrogen-bond acceptors (Lipinski definition) is 8. The first-order valence-electron chi connectivity index (χ1n) is 7.93. The van der Waals surface area contributed by atoms with Gasteiger partial charge in [0.2, 0.25) is 5.91 Å². The molecule has 0 spiro atoms. The van der Waals surface area contributed by atoms with Gasteiger partial charge in [0.15, 0.2) is 0 Å². The van der Waals surface area contributed by atoms with Crippen molar-refractivity contribution < 1.29 is 19.5 Å². The summed E-state index contributed by atoms with van der Waals surface area (Å²) in [6, 6.07) is 1.04. The summed E-state index contributed by atoms with van der Waals surface area (Å²) in [6.45, 7) is 5.14. The fourth-order valence-electron chi connectivity index (χ4n) is 1.96. The number of aliphatic hydroxyl groups excluding tert-OH is 1. The van der Waals surface area contributed by atoms with E-state index in [1.165, 1.54) is 20.3 Å². The van der Waals surface area contributed by atoms with Crippen LogP contribution in [-0.2, 0) is 4.79 Å². The largest absolute Gasteiger partial charge is 0.372 e. The zero-order valence-electron chi connectivity index (χ0n) is 15.4. The highest BCUT2D eigenvalue weighted by atomic mass is 32.1. The van der Waals surface area contributed by atoms with E-state index in [2.05, 4.69) is 22.2 Å². The fourth-order valence-corrected chi connectivity index (χ4v) is 2.67. The van der Waals surface area contributed by atoms with Crippen molar-refractivity contribution in [3.63, 3.8) is 0 Å². The third-order valence-electron chi connectivity index (χ3n) is 3.44. The van der Waals surface area contributed by atoms with E-state index >= 15 is 0 Å². The smallest absolute Gasteiger partial charge is 0.331 e. The number of aliphatic hydroxyl groups is 1. The highest BCUT2D eigenvalue weighted by Crippen LogP contribution is 2.21. The van der Waals surface area contributed by atoms with Crippen molar-refractivity contribution in [3.8, 4) is 0 Å². The van der Waals surface area contributed by atoms with Gasteiger partial charge >= 0.3 is 6.03 Å². The SMILES string of the molecule is C=C(/N=C\C)N(C)C(=O)N(C)C(=O)CNCC(O)Nc1ccsc1C(N)=O. The normalized spacial score (nSPS) is 11.9. The molecule has 1 aromatic heterocycles. The van der Waals surface area contributed by atoms with Crippen LogP contribution in [0.3, 0.4) is 0 Å². The number of nitrogens with two attached hydrogens (primary N) is 1. The van der Waals surface area contributed by atoms with E-state index in [9.17, 15) is 19.5 Å². The Bertz CT molecular complexity index is 732. The van der Waals surface area contributed by atoms with Crippen LogP contribution in [0, 0.1) is 0 Å². The topological polar surface area (TPSA) is 140 Å². The van der Waals surface area contributed by atoms with Crippen LogP contribution < -0.4 is 16.4 Å². The number of aliphatic imine (C=N–C) groups is 1. The Morgan fingerprint density at radius 1 is 1.41 bits per heavy atom. The molecule has 0 radical (unpaired) electrons. The third-order valence-corrected chi connectivity index (χ3v) is 4.37. The van der Waals surface area contributed by atoms with E-state index in [1.54, 1.807) is 18.4 Å². The Labute approximate surface area is 161 Å². The Hall–Kier alpha value is -2.76. The standard InChI is InChI=1S/C16H24N6O4S/c1-5-19-10(2)21(3)16(26)22(4)13(24)9-18-8-12(23)20-11-6-7-27-14(11)15(17)25/h5-7,12,18,20,23H,2,8-9H2,1,3-4H3,(H2,17,25)/b19-5-. The molecule has 0 aromatic carbocycles. The average molecular weight is 396 g/mol. The van der Waals surface area contributed by atoms with E-state index in [4.69, 9.17) is 5.73 Å². The minimum absolute atomic E-state index is 0.00446. The second-order valence-corrected chi connectivity index (χ2v) is 6.33.